The second-order valence-corrected chi connectivity index (χ2v) is 8.26. The number of hydrogen-bond acceptors (Lipinski definition) is 6. The number of anilines is 2. The topological polar surface area (TPSA) is 70.6 Å². The average Bonchev–Trinajstić information content (AvgIpc) is 3.22. The number of rotatable bonds is 6. The molecular formula is C23H23F4N5O2. The van der Waals surface area contributed by atoms with Gasteiger partial charge in [0.05, 0.1) is 11.9 Å². The molecule has 7 nitrogen and oxygen atoms in total. The summed E-state index contributed by atoms with van der Waals surface area (Å²) in [7, 11) is 3.63. The van der Waals surface area contributed by atoms with E-state index in [-0.39, 0.29) is 29.9 Å². The lowest BCUT2D eigenvalue weighted by atomic mass is 10.1. The van der Waals surface area contributed by atoms with Gasteiger partial charge in [-0.3, -0.25) is 4.79 Å². The molecule has 2 heterocycles. The van der Waals surface area contributed by atoms with Crippen molar-refractivity contribution in [3.63, 3.8) is 0 Å². The summed E-state index contributed by atoms with van der Waals surface area (Å²) >= 11 is 0. The Kier molecular flexibility index (Phi) is 6.45. The summed E-state index contributed by atoms with van der Waals surface area (Å²) < 4.78 is 54.4. The van der Waals surface area contributed by atoms with Gasteiger partial charge in [-0.2, -0.15) is 4.98 Å². The molecule has 0 saturated carbocycles. The van der Waals surface area contributed by atoms with E-state index < -0.39 is 6.36 Å². The third-order valence-electron chi connectivity index (χ3n) is 5.45. The molecule has 180 valence electrons. The monoisotopic (exact) mass is 477 g/mol. The maximum atomic E-state index is 13.7. The van der Waals surface area contributed by atoms with Crippen LogP contribution in [0, 0.1) is 5.82 Å². The highest BCUT2D eigenvalue weighted by Crippen LogP contribution is 2.26. The highest BCUT2D eigenvalue weighted by Gasteiger charge is 2.31. The molecule has 1 aliphatic heterocycles. The van der Waals surface area contributed by atoms with Crippen LogP contribution in [0.25, 0.3) is 10.9 Å². The maximum absolute atomic E-state index is 13.7. The number of carbonyl (C=O) groups is 1. The van der Waals surface area contributed by atoms with Gasteiger partial charge >= 0.3 is 6.36 Å². The molecule has 0 spiro atoms. The van der Waals surface area contributed by atoms with E-state index in [1.165, 1.54) is 36.4 Å². The molecule has 11 heteroatoms. The van der Waals surface area contributed by atoms with Crippen LogP contribution in [0.15, 0.2) is 42.5 Å². The predicted molar refractivity (Wildman–Crippen MR) is 119 cm³/mol. The summed E-state index contributed by atoms with van der Waals surface area (Å²) in [4.78, 5) is 25.2. The number of carbonyl (C=O) groups excluding carboxylic acids is 1. The quantitative estimate of drug-likeness (QED) is 0.542. The van der Waals surface area contributed by atoms with Crippen molar-refractivity contribution in [3.8, 4) is 5.75 Å². The zero-order valence-corrected chi connectivity index (χ0v) is 18.6. The van der Waals surface area contributed by atoms with E-state index in [1.54, 1.807) is 15.9 Å². The van der Waals surface area contributed by atoms with Gasteiger partial charge in [-0.25, -0.2) is 9.37 Å². The Morgan fingerprint density at radius 1 is 1.18 bits per heavy atom. The van der Waals surface area contributed by atoms with Crippen LogP contribution >= 0.6 is 0 Å². The fourth-order valence-electron chi connectivity index (χ4n) is 3.87. The number of benzene rings is 2. The number of alkyl halides is 3. The number of likely N-dealkylation sites (tertiary alicyclic amines) is 1. The van der Waals surface area contributed by atoms with E-state index >= 15 is 0 Å². The second-order valence-electron chi connectivity index (χ2n) is 8.26. The average molecular weight is 477 g/mol. The highest BCUT2D eigenvalue weighted by atomic mass is 19.4. The zero-order chi connectivity index (χ0) is 24.5. The first-order valence-corrected chi connectivity index (χ1v) is 10.6. The third-order valence-corrected chi connectivity index (χ3v) is 5.45. The van der Waals surface area contributed by atoms with E-state index in [0.717, 1.165) is 0 Å². The Hall–Kier alpha value is -3.63. The molecular weight excluding hydrogens is 454 g/mol. The molecule has 3 aromatic rings. The minimum atomic E-state index is -4.76. The third kappa shape index (κ3) is 5.64. The Bertz CT molecular complexity index is 1180. The maximum Gasteiger partial charge on any atom is 0.573 e. The van der Waals surface area contributed by atoms with Gasteiger partial charge in [0, 0.05) is 38.6 Å². The number of hydrogen-bond donors (Lipinski definition) is 1. The molecule has 1 fully saturated rings. The van der Waals surface area contributed by atoms with Crippen LogP contribution in [0.3, 0.4) is 0 Å². The van der Waals surface area contributed by atoms with E-state index in [2.05, 4.69) is 20.0 Å². The standard InChI is InChI=1S/C23H23F4N5O2/c1-31(2)21-18-12-15(24)5-8-19(18)29-22(30-21)28-16-9-10-32(13-16)20(33)11-14-3-6-17(7-4-14)34-23(25,26)27/h3-8,12,16H,9-11,13H2,1-2H3,(H,28,29,30)/t16-/m0/s1. The fraction of sp³-hybridized carbons (Fsp3) is 0.348. The van der Waals surface area contributed by atoms with Gasteiger partial charge in [-0.15, -0.1) is 13.2 Å². The molecule has 0 bridgehead atoms. The first kappa shape index (κ1) is 23.5. The number of amides is 1. The molecule has 1 aliphatic rings. The van der Waals surface area contributed by atoms with Crippen LogP contribution in [0.1, 0.15) is 12.0 Å². The van der Waals surface area contributed by atoms with E-state index in [1.807, 2.05) is 14.1 Å². The Balaban J connectivity index is 1.38. The number of halogens is 4. The van der Waals surface area contributed by atoms with Gasteiger partial charge in [0.15, 0.2) is 0 Å². The van der Waals surface area contributed by atoms with Crippen LogP contribution in [-0.4, -0.2) is 60.4 Å². The molecule has 1 saturated heterocycles. The van der Waals surface area contributed by atoms with Crippen molar-refractivity contribution in [2.24, 2.45) is 0 Å². The highest BCUT2D eigenvalue weighted by molar-refractivity contribution is 5.90. The SMILES string of the molecule is CN(C)c1nc(N[C@H]2CCN(C(=O)Cc3ccc(OC(F)(F)F)cc3)C2)nc2ccc(F)cc12. The number of nitrogens with one attached hydrogen (secondary N) is 1. The molecule has 1 aromatic heterocycles. The van der Waals surface area contributed by atoms with Gasteiger partial charge in [-0.05, 0) is 42.3 Å². The Morgan fingerprint density at radius 2 is 1.91 bits per heavy atom. The van der Waals surface area contributed by atoms with Crippen molar-refractivity contribution in [1.82, 2.24) is 14.9 Å². The van der Waals surface area contributed by atoms with Crippen molar-refractivity contribution < 1.29 is 27.1 Å². The lowest BCUT2D eigenvalue weighted by molar-refractivity contribution is -0.274. The van der Waals surface area contributed by atoms with E-state index in [4.69, 9.17) is 0 Å². The Labute approximate surface area is 193 Å². The largest absolute Gasteiger partial charge is 0.573 e. The summed E-state index contributed by atoms with van der Waals surface area (Å²) in [6, 6.07) is 9.53. The summed E-state index contributed by atoms with van der Waals surface area (Å²) in [5.74, 6) is 0.146. The minimum Gasteiger partial charge on any atom is -0.406 e. The van der Waals surface area contributed by atoms with Crippen LogP contribution < -0.4 is 15.0 Å². The van der Waals surface area contributed by atoms with Crippen LogP contribution in [-0.2, 0) is 11.2 Å². The van der Waals surface area contributed by atoms with Crippen molar-refractivity contribution >= 4 is 28.6 Å². The van der Waals surface area contributed by atoms with Crippen LogP contribution in [0.2, 0.25) is 0 Å². The summed E-state index contributed by atoms with van der Waals surface area (Å²) in [6.45, 7) is 0.974. The molecule has 1 amide bonds. The molecule has 1 N–H and O–H groups in total. The lowest BCUT2D eigenvalue weighted by Crippen LogP contribution is -2.33. The molecule has 0 radical (unpaired) electrons. The van der Waals surface area contributed by atoms with Crippen molar-refractivity contribution in [3.05, 3.63) is 53.8 Å². The molecule has 0 unspecified atom stereocenters. The predicted octanol–water partition coefficient (Wildman–Crippen LogP) is 3.99. The van der Waals surface area contributed by atoms with Crippen LogP contribution in [0.5, 0.6) is 5.75 Å². The molecule has 2 aromatic carbocycles. The van der Waals surface area contributed by atoms with E-state index in [0.29, 0.717) is 47.7 Å². The lowest BCUT2D eigenvalue weighted by Gasteiger charge is -2.19. The van der Waals surface area contributed by atoms with Gasteiger partial charge in [0.1, 0.15) is 17.4 Å². The zero-order valence-electron chi connectivity index (χ0n) is 18.6. The van der Waals surface area contributed by atoms with Crippen molar-refractivity contribution in [2.45, 2.75) is 25.2 Å². The van der Waals surface area contributed by atoms with Gasteiger partial charge in [0.25, 0.3) is 0 Å². The fourth-order valence-corrected chi connectivity index (χ4v) is 3.87. The van der Waals surface area contributed by atoms with Crippen molar-refractivity contribution in [1.29, 1.82) is 0 Å². The summed E-state index contributed by atoms with van der Waals surface area (Å²) in [5, 5.41) is 3.86. The van der Waals surface area contributed by atoms with Crippen LogP contribution in [0.4, 0.5) is 29.3 Å². The number of aromatic nitrogens is 2. The normalized spacial score (nSPS) is 16.1. The number of fused-ring (bicyclic) bond motifs is 1. The van der Waals surface area contributed by atoms with E-state index in [9.17, 15) is 22.4 Å². The molecule has 4 rings (SSSR count). The van der Waals surface area contributed by atoms with Gasteiger partial charge < -0.3 is 19.9 Å². The molecule has 0 aliphatic carbocycles. The van der Waals surface area contributed by atoms with Gasteiger partial charge in [0.2, 0.25) is 11.9 Å². The summed E-state index contributed by atoms with van der Waals surface area (Å²) in [6.07, 6.45) is -4.00. The second kappa shape index (κ2) is 9.32. The first-order valence-electron chi connectivity index (χ1n) is 10.6. The molecule has 1 atom stereocenters. The number of nitrogens with zero attached hydrogens (tertiary/aromatic N) is 4. The molecule has 34 heavy (non-hydrogen) atoms. The first-order chi connectivity index (χ1) is 16.1. The van der Waals surface area contributed by atoms with Gasteiger partial charge in [-0.1, -0.05) is 12.1 Å². The van der Waals surface area contributed by atoms with Crippen molar-refractivity contribution in [2.75, 3.05) is 37.4 Å². The Morgan fingerprint density at radius 3 is 2.59 bits per heavy atom. The minimum absolute atomic E-state index is 0.0700. The smallest absolute Gasteiger partial charge is 0.406 e. The number of ether oxygens (including phenoxy) is 1. The summed E-state index contributed by atoms with van der Waals surface area (Å²) in [5.41, 5.74) is 1.20.